The van der Waals surface area contributed by atoms with Gasteiger partial charge in [0.15, 0.2) is 0 Å². The fourth-order valence-corrected chi connectivity index (χ4v) is 2.69. The minimum Gasteiger partial charge on any atom is -0.304 e. The SMILES string of the molecule is CCC1CCc2c1nc1c(C)cccn21. The molecule has 0 saturated heterocycles. The zero-order valence-corrected chi connectivity index (χ0v) is 9.33. The molecule has 1 unspecified atom stereocenters. The van der Waals surface area contributed by atoms with Crippen molar-refractivity contribution in [3.05, 3.63) is 35.3 Å². The maximum atomic E-state index is 4.81. The Morgan fingerprint density at radius 1 is 1.53 bits per heavy atom. The number of imidazole rings is 1. The molecule has 0 saturated carbocycles. The van der Waals surface area contributed by atoms with Crippen LogP contribution in [-0.2, 0) is 6.42 Å². The van der Waals surface area contributed by atoms with E-state index in [1.807, 2.05) is 0 Å². The van der Waals surface area contributed by atoms with Crippen molar-refractivity contribution in [2.24, 2.45) is 0 Å². The van der Waals surface area contributed by atoms with E-state index in [0.29, 0.717) is 5.92 Å². The second kappa shape index (κ2) is 3.09. The van der Waals surface area contributed by atoms with Gasteiger partial charge in [-0.3, -0.25) is 0 Å². The zero-order chi connectivity index (χ0) is 10.4. The van der Waals surface area contributed by atoms with Crippen LogP contribution in [0.25, 0.3) is 5.65 Å². The van der Waals surface area contributed by atoms with Gasteiger partial charge >= 0.3 is 0 Å². The molecule has 78 valence electrons. The lowest BCUT2D eigenvalue weighted by molar-refractivity contribution is 0.641. The van der Waals surface area contributed by atoms with E-state index >= 15 is 0 Å². The van der Waals surface area contributed by atoms with Gasteiger partial charge < -0.3 is 4.40 Å². The highest BCUT2D eigenvalue weighted by Crippen LogP contribution is 2.35. The van der Waals surface area contributed by atoms with Crippen molar-refractivity contribution in [2.75, 3.05) is 0 Å². The van der Waals surface area contributed by atoms with Gasteiger partial charge in [0, 0.05) is 17.8 Å². The summed E-state index contributed by atoms with van der Waals surface area (Å²) in [5.41, 5.74) is 5.23. The molecular formula is C13H16N2. The van der Waals surface area contributed by atoms with Crippen LogP contribution in [0.3, 0.4) is 0 Å². The van der Waals surface area contributed by atoms with E-state index in [1.54, 1.807) is 0 Å². The molecule has 1 atom stereocenters. The van der Waals surface area contributed by atoms with Gasteiger partial charge in [0.1, 0.15) is 5.65 Å². The maximum Gasteiger partial charge on any atom is 0.140 e. The number of aryl methyl sites for hydroxylation is 2. The van der Waals surface area contributed by atoms with Crippen LogP contribution in [0.4, 0.5) is 0 Å². The van der Waals surface area contributed by atoms with Crippen LogP contribution in [0, 0.1) is 6.92 Å². The molecule has 1 aliphatic carbocycles. The summed E-state index contributed by atoms with van der Waals surface area (Å²) < 4.78 is 2.28. The number of hydrogen-bond donors (Lipinski definition) is 0. The Kier molecular flexibility index (Phi) is 1.84. The predicted molar refractivity (Wildman–Crippen MR) is 61.3 cm³/mol. The van der Waals surface area contributed by atoms with Crippen LogP contribution in [0.15, 0.2) is 18.3 Å². The van der Waals surface area contributed by atoms with E-state index in [9.17, 15) is 0 Å². The average Bonchev–Trinajstić information content (AvgIpc) is 2.77. The lowest BCUT2D eigenvalue weighted by Crippen LogP contribution is -1.92. The molecular weight excluding hydrogens is 184 g/mol. The molecule has 0 bridgehead atoms. The van der Waals surface area contributed by atoms with Crippen molar-refractivity contribution in [3.63, 3.8) is 0 Å². The largest absolute Gasteiger partial charge is 0.304 e. The fourth-order valence-electron chi connectivity index (χ4n) is 2.69. The van der Waals surface area contributed by atoms with Crippen molar-refractivity contribution < 1.29 is 0 Å². The Hall–Kier alpha value is -1.31. The topological polar surface area (TPSA) is 17.3 Å². The molecule has 0 radical (unpaired) electrons. The number of nitrogens with zero attached hydrogens (tertiary/aromatic N) is 2. The molecule has 15 heavy (non-hydrogen) atoms. The third kappa shape index (κ3) is 1.14. The number of hydrogen-bond acceptors (Lipinski definition) is 1. The summed E-state index contributed by atoms with van der Waals surface area (Å²) in [4.78, 5) is 4.81. The highest BCUT2D eigenvalue weighted by atomic mass is 15.0. The van der Waals surface area contributed by atoms with Crippen LogP contribution in [-0.4, -0.2) is 9.38 Å². The summed E-state index contributed by atoms with van der Waals surface area (Å²) in [6.07, 6.45) is 5.84. The first-order chi connectivity index (χ1) is 7.31. The predicted octanol–water partition coefficient (Wildman–Crippen LogP) is 3.08. The molecule has 2 heterocycles. The van der Waals surface area contributed by atoms with Crippen molar-refractivity contribution in [2.45, 2.75) is 39.0 Å². The van der Waals surface area contributed by atoms with E-state index in [4.69, 9.17) is 4.98 Å². The van der Waals surface area contributed by atoms with Crippen molar-refractivity contribution in [3.8, 4) is 0 Å². The molecule has 2 aromatic rings. The van der Waals surface area contributed by atoms with Gasteiger partial charge in [-0.15, -0.1) is 0 Å². The third-order valence-electron chi connectivity index (χ3n) is 3.58. The summed E-state index contributed by atoms with van der Waals surface area (Å²) in [7, 11) is 0. The van der Waals surface area contributed by atoms with Crippen molar-refractivity contribution in [1.82, 2.24) is 9.38 Å². The second-order valence-electron chi connectivity index (χ2n) is 4.47. The number of rotatable bonds is 1. The van der Waals surface area contributed by atoms with Gasteiger partial charge in [0.25, 0.3) is 0 Å². The standard InChI is InChI=1S/C13H16N2/c1-3-10-6-7-11-12(10)14-13-9(2)5-4-8-15(11)13/h4-5,8,10H,3,6-7H2,1-2H3. The summed E-state index contributed by atoms with van der Waals surface area (Å²) in [6.45, 7) is 4.40. The number of aromatic nitrogens is 2. The number of pyridine rings is 1. The van der Waals surface area contributed by atoms with E-state index in [0.717, 1.165) is 5.65 Å². The van der Waals surface area contributed by atoms with Gasteiger partial charge in [-0.05, 0) is 37.8 Å². The van der Waals surface area contributed by atoms with Crippen LogP contribution < -0.4 is 0 Å². The van der Waals surface area contributed by atoms with E-state index in [2.05, 4.69) is 36.6 Å². The quantitative estimate of drug-likeness (QED) is 0.691. The average molecular weight is 200 g/mol. The Morgan fingerprint density at radius 3 is 3.20 bits per heavy atom. The van der Waals surface area contributed by atoms with Crippen molar-refractivity contribution in [1.29, 1.82) is 0 Å². The summed E-state index contributed by atoms with van der Waals surface area (Å²) >= 11 is 0. The summed E-state index contributed by atoms with van der Waals surface area (Å²) in [6, 6.07) is 4.25. The highest BCUT2D eigenvalue weighted by Gasteiger charge is 2.26. The maximum absolute atomic E-state index is 4.81. The Morgan fingerprint density at radius 2 is 2.40 bits per heavy atom. The molecule has 1 aliphatic rings. The lowest BCUT2D eigenvalue weighted by Gasteiger charge is -2.02. The van der Waals surface area contributed by atoms with Gasteiger partial charge in [-0.25, -0.2) is 4.98 Å². The number of fused-ring (bicyclic) bond motifs is 3. The van der Waals surface area contributed by atoms with Crippen LogP contribution in [0.1, 0.15) is 42.6 Å². The zero-order valence-electron chi connectivity index (χ0n) is 9.33. The molecule has 2 nitrogen and oxygen atoms in total. The fraction of sp³-hybridized carbons (Fsp3) is 0.462. The summed E-state index contributed by atoms with van der Waals surface area (Å²) in [5.74, 6) is 0.694. The minimum absolute atomic E-state index is 0.694. The second-order valence-corrected chi connectivity index (χ2v) is 4.47. The smallest absolute Gasteiger partial charge is 0.140 e. The van der Waals surface area contributed by atoms with Crippen LogP contribution in [0.2, 0.25) is 0 Å². The third-order valence-corrected chi connectivity index (χ3v) is 3.58. The molecule has 0 fully saturated rings. The molecule has 0 aliphatic heterocycles. The van der Waals surface area contributed by atoms with E-state index < -0.39 is 0 Å². The first kappa shape index (κ1) is 8.96. The van der Waals surface area contributed by atoms with E-state index in [-0.39, 0.29) is 0 Å². The van der Waals surface area contributed by atoms with Gasteiger partial charge in [0.2, 0.25) is 0 Å². The monoisotopic (exact) mass is 200 g/mol. The molecule has 0 N–H and O–H groups in total. The minimum atomic E-state index is 0.694. The normalized spacial score (nSPS) is 19.7. The Labute approximate surface area is 90.0 Å². The summed E-state index contributed by atoms with van der Waals surface area (Å²) in [5, 5.41) is 0. The molecule has 2 heteroatoms. The highest BCUT2D eigenvalue weighted by molar-refractivity contribution is 5.51. The van der Waals surface area contributed by atoms with Crippen LogP contribution in [0.5, 0.6) is 0 Å². The first-order valence-electron chi connectivity index (χ1n) is 5.77. The van der Waals surface area contributed by atoms with Gasteiger partial charge in [-0.1, -0.05) is 13.0 Å². The van der Waals surface area contributed by atoms with Crippen LogP contribution >= 0.6 is 0 Å². The van der Waals surface area contributed by atoms with Gasteiger partial charge in [0.05, 0.1) is 5.69 Å². The van der Waals surface area contributed by atoms with Crippen molar-refractivity contribution >= 4 is 5.65 Å². The molecule has 3 rings (SSSR count). The Bertz CT molecular complexity index is 510. The Balaban J connectivity index is 2.29. The van der Waals surface area contributed by atoms with Gasteiger partial charge in [-0.2, -0.15) is 0 Å². The lowest BCUT2D eigenvalue weighted by atomic mass is 10.1. The first-order valence-corrected chi connectivity index (χ1v) is 5.77. The molecule has 0 amide bonds. The molecule has 0 spiro atoms. The molecule has 2 aromatic heterocycles. The molecule has 0 aromatic carbocycles. The van der Waals surface area contributed by atoms with E-state index in [1.165, 1.54) is 36.2 Å².